The molecular weight excluding hydrogens is 475 g/mol. The summed E-state index contributed by atoms with van der Waals surface area (Å²) in [5, 5.41) is 6.60. The Kier molecular flexibility index (Phi) is 6.32. The van der Waals surface area contributed by atoms with Crippen LogP contribution in [0.2, 0.25) is 15.1 Å². The number of carbonyl (C=O) groups is 1. The molecule has 0 radical (unpaired) electrons. The summed E-state index contributed by atoms with van der Waals surface area (Å²) in [6.07, 6.45) is 7.52. The summed E-state index contributed by atoms with van der Waals surface area (Å²) in [5.74, 6) is 1.10. The number of Topliss-reactive ketones (excluding diaryl/α,β-unsaturated/α-hetero) is 1. The fourth-order valence-electron chi connectivity index (χ4n) is 5.50. The molecule has 1 fully saturated rings. The SMILES string of the molecule is Cc1cc2c(cc1Cl)-c1c(c(C(=O)C[C@H](C)C3CCCCC3)nn1-c1ccc(Cl)cc1Cl)C2. The van der Waals surface area contributed by atoms with Crippen LogP contribution >= 0.6 is 34.8 Å². The van der Waals surface area contributed by atoms with Gasteiger partial charge in [0.1, 0.15) is 5.69 Å². The van der Waals surface area contributed by atoms with Crippen LogP contribution in [-0.2, 0) is 6.42 Å². The number of rotatable bonds is 5. The molecule has 2 aliphatic rings. The van der Waals surface area contributed by atoms with Gasteiger partial charge >= 0.3 is 0 Å². The highest BCUT2D eigenvalue weighted by Gasteiger charge is 2.33. The predicted molar refractivity (Wildman–Crippen MR) is 136 cm³/mol. The van der Waals surface area contributed by atoms with Crippen molar-refractivity contribution < 1.29 is 4.79 Å². The van der Waals surface area contributed by atoms with E-state index < -0.39 is 0 Å². The van der Waals surface area contributed by atoms with Crippen LogP contribution in [0.3, 0.4) is 0 Å². The second-order valence-corrected chi connectivity index (χ2v) is 10.9. The highest BCUT2D eigenvalue weighted by molar-refractivity contribution is 6.35. The second-order valence-electron chi connectivity index (χ2n) is 9.62. The summed E-state index contributed by atoms with van der Waals surface area (Å²) in [5.41, 5.74) is 6.35. The first-order valence-corrected chi connectivity index (χ1v) is 12.9. The lowest BCUT2D eigenvalue weighted by Gasteiger charge is -2.27. The van der Waals surface area contributed by atoms with Crippen molar-refractivity contribution in [2.45, 2.75) is 58.8 Å². The third-order valence-corrected chi connectivity index (χ3v) is 8.30. The molecule has 0 aliphatic heterocycles. The molecule has 0 unspecified atom stereocenters. The lowest BCUT2D eigenvalue weighted by molar-refractivity contribution is 0.0933. The van der Waals surface area contributed by atoms with Gasteiger partial charge in [-0.3, -0.25) is 4.79 Å². The number of aryl methyl sites for hydroxylation is 1. The fourth-order valence-corrected chi connectivity index (χ4v) is 6.16. The Morgan fingerprint density at radius 2 is 1.85 bits per heavy atom. The Morgan fingerprint density at radius 1 is 1.09 bits per heavy atom. The molecule has 33 heavy (non-hydrogen) atoms. The van der Waals surface area contributed by atoms with Crippen molar-refractivity contribution in [2.75, 3.05) is 0 Å². The summed E-state index contributed by atoms with van der Waals surface area (Å²) < 4.78 is 1.81. The van der Waals surface area contributed by atoms with Crippen LogP contribution in [0.15, 0.2) is 30.3 Å². The number of fused-ring (bicyclic) bond motifs is 3. The van der Waals surface area contributed by atoms with E-state index >= 15 is 0 Å². The van der Waals surface area contributed by atoms with Gasteiger partial charge in [0, 0.05) is 34.0 Å². The van der Waals surface area contributed by atoms with Gasteiger partial charge in [-0.2, -0.15) is 5.10 Å². The number of benzene rings is 2. The smallest absolute Gasteiger partial charge is 0.183 e. The molecule has 172 valence electrons. The van der Waals surface area contributed by atoms with Gasteiger partial charge < -0.3 is 0 Å². The van der Waals surface area contributed by atoms with Gasteiger partial charge in [-0.25, -0.2) is 4.68 Å². The van der Waals surface area contributed by atoms with Gasteiger partial charge in [-0.15, -0.1) is 0 Å². The van der Waals surface area contributed by atoms with E-state index in [4.69, 9.17) is 39.9 Å². The van der Waals surface area contributed by atoms with Gasteiger partial charge in [0.15, 0.2) is 5.78 Å². The van der Waals surface area contributed by atoms with E-state index in [9.17, 15) is 4.79 Å². The van der Waals surface area contributed by atoms with Crippen molar-refractivity contribution in [1.29, 1.82) is 0 Å². The van der Waals surface area contributed by atoms with Gasteiger partial charge in [0.05, 0.1) is 16.4 Å². The van der Waals surface area contributed by atoms with E-state index in [0.717, 1.165) is 27.9 Å². The zero-order chi connectivity index (χ0) is 23.3. The first-order chi connectivity index (χ1) is 15.8. The molecule has 1 heterocycles. The third kappa shape index (κ3) is 4.24. The van der Waals surface area contributed by atoms with Crippen molar-refractivity contribution in [1.82, 2.24) is 9.78 Å². The first-order valence-electron chi connectivity index (χ1n) is 11.7. The minimum atomic E-state index is 0.115. The van der Waals surface area contributed by atoms with E-state index in [2.05, 4.69) is 13.0 Å². The number of ketones is 1. The van der Waals surface area contributed by atoms with Crippen molar-refractivity contribution in [3.05, 3.63) is 67.8 Å². The quantitative estimate of drug-likeness (QED) is 0.257. The standard InChI is InChI=1S/C27H27Cl3N2O/c1-15(17-6-4-3-5-7-17)11-25(33)26-21-12-18-10-16(2)22(29)14-20(18)27(21)32(31-26)24-9-8-19(28)13-23(24)30/h8-10,13-15,17H,3-7,11-12H2,1-2H3/t15-/m0/s1. The van der Waals surface area contributed by atoms with Crippen molar-refractivity contribution in [2.24, 2.45) is 11.8 Å². The van der Waals surface area contributed by atoms with E-state index in [0.29, 0.717) is 51.1 Å². The Bertz CT molecular complexity index is 1240. The summed E-state index contributed by atoms with van der Waals surface area (Å²) in [6, 6.07) is 9.45. The Hall–Kier alpha value is -1.81. The molecule has 0 spiro atoms. The van der Waals surface area contributed by atoms with Crippen LogP contribution in [-0.4, -0.2) is 15.6 Å². The third-order valence-electron chi connectivity index (χ3n) is 7.35. The van der Waals surface area contributed by atoms with Gasteiger partial charge in [-0.1, -0.05) is 79.9 Å². The molecule has 5 rings (SSSR count). The predicted octanol–water partition coefficient (Wildman–Crippen LogP) is 8.50. The minimum absolute atomic E-state index is 0.115. The van der Waals surface area contributed by atoms with E-state index in [1.165, 1.54) is 32.1 Å². The number of nitrogens with zero attached hydrogens (tertiary/aromatic N) is 2. The molecule has 2 aromatic carbocycles. The molecule has 3 aromatic rings. The van der Waals surface area contributed by atoms with Crippen LogP contribution in [0.1, 0.15) is 72.6 Å². The monoisotopic (exact) mass is 500 g/mol. The maximum atomic E-state index is 13.6. The molecular formula is C27H27Cl3N2O. The van der Waals surface area contributed by atoms with Crippen LogP contribution in [0, 0.1) is 18.8 Å². The molecule has 1 atom stereocenters. The number of hydrogen-bond acceptors (Lipinski definition) is 2. The van der Waals surface area contributed by atoms with Gasteiger partial charge in [0.2, 0.25) is 0 Å². The zero-order valence-corrected chi connectivity index (χ0v) is 21.2. The molecule has 0 N–H and O–H groups in total. The van der Waals surface area contributed by atoms with Crippen LogP contribution in [0.5, 0.6) is 0 Å². The molecule has 0 saturated heterocycles. The largest absolute Gasteiger partial charge is 0.292 e. The number of halogens is 3. The minimum Gasteiger partial charge on any atom is -0.292 e. The molecule has 1 aromatic heterocycles. The molecule has 2 aliphatic carbocycles. The summed E-state index contributed by atoms with van der Waals surface area (Å²) in [4.78, 5) is 13.6. The van der Waals surface area contributed by atoms with E-state index in [1.807, 2.05) is 23.7 Å². The molecule has 0 bridgehead atoms. The summed E-state index contributed by atoms with van der Waals surface area (Å²) in [6.45, 7) is 4.23. The van der Waals surface area contributed by atoms with Crippen molar-refractivity contribution in [3.8, 4) is 16.9 Å². The Balaban J connectivity index is 1.58. The number of hydrogen-bond donors (Lipinski definition) is 0. The van der Waals surface area contributed by atoms with Crippen LogP contribution < -0.4 is 0 Å². The summed E-state index contributed by atoms with van der Waals surface area (Å²) >= 11 is 19.2. The van der Waals surface area contributed by atoms with Crippen molar-refractivity contribution >= 4 is 40.6 Å². The lowest BCUT2D eigenvalue weighted by Crippen LogP contribution is -2.19. The van der Waals surface area contributed by atoms with Crippen molar-refractivity contribution in [3.63, 3.8) is 0 Å². The summed E-state index contributed by atoms with van der Waals surface area (Å²) in [7, 11) is 0. The number of aromatic nitrogens is 2. The van der Waals surface area contributed by atoms with Gasteiger partial charge in [-0.05, 0) is 54.2 Å². The van der Waals surface area contributed by atoms with Crippen LogP contribution in [0.25, 0.3) is 16.9 Å². The van der Waals surface area contributed by atoms with Crippen LogP contribution in [0.4, 0.5) is 0 Å². The first kappa shape index (κ1) is 23.0. The Labute approximate surface area is 210 Å². The molecule has 0 amide bonds. The maximum absolute atomic E-state index is 13.6. The molecule has 6 heteroatoms. The molecule has 1 saturated carbocycles. The maximum Gasteiger partial charge on any atom is 0.183 e. The highest BCUT2D eigenvalue weighted by atomic mass is 35.5. The lowest BCUT2D eigenvalue weighted by atomic mass is 9.78. The molecule has 3 nitrogen and oxygen atoms in total. The van der Waals surface area contributed by atoms with E-state index in [-0.39, 0.29) is 5.78 Å². The van der Waals surface area contributed by atoms with Gasteiger partial charge in [0.25, 0.3) is 0 Å². The highest BCUT2D eigenvalue weighted by Crippen LogP contribution is 2.43. The average molecular weight is 502 g/mol. The average Bonchev–Trinajstić information content (AvgIpc) is 3.32. The number of carbonyl (C=O) groups excluding carboxylic acids is 1. The van der Waals surface area contributed by atoms with E-state index in [1.54, 1.807) is 12.1 Å². The topological polar surface area (TPSA) is 34.9 Å². The second kappa shape index (κ2) is 9.09. The fraction of sp³-hybridized carbons (Fsp3) is 0.407. The normalized spacial score (nSPS) is 16.5. The Morgan fingerprint density at radius 3 is 2.58 bits per heavy atom. The zero-order valence-electron chi connectivity index (χ0n) is 18.9.